The molecule has 2 heteroatoms. The zero-order chi connectivity index (χ0) is 7.11. The van der Waals surface area contributed by atoms with Crippen molar-refractivity contribution >= 4 is 0 Å². The standard InChI is InChI=1S/C7H15NO/c1-3-4-9-6-7(2)5-8/h2-6,8H2,1H3. The van der Waals surface area contributed by atoms with Gasteiger partial charge in [-0.2, -0.15) is 0 Å². The molecule has 54 valence electrons. The lowest BCUT2D eigenvalue weighted by atomic mass is 10.3. The van der Waals surface area contributed by atoms with Gasteiger partial charge < -0.3 is 10.5 Å². The zero-order valence-corrected chi connectivity index (χ0v) is 6.02. The summed E-state index contributed by atoms with van der Waals surface area (Å²) in [6, 6.07) is 0. The Morgan fingerprint density at radius 2 is 2.33 bits per heavy atom. The van der Waals surface area contributed by atoms with E-state index in [2.05, 4.69) is 13.5 Å². The average molecular weight is 129 g/mol. The van der Waals surface area contributed by atoms with Crippen molar-refractivity contribution < 1.29 is 4.74 Å². The summed E-state index contributed by atoms with van der Waals surface area (Å²) in [4.78, 5) is 0. The summed E-state index contributed by atoms with van der Waals surface area (Å²) < 4.78 is 5.16. The predicted molar refractivity (Wildman–Crippen MR) is 39.3 cm³/mol. The fourth-order valence-electron chi connectivity index (χ4n) is 0.420. The van der Waals surface area contributed by atoms with E-state index in [1.165, 1.54) is 0 Å². The van der Waals surface area contributed by atoms with Gasteiger partial charge in [0.2, 0.25) is 0 Å². The Hall–Kier alpha value is -0.340. The first-order valence-corrected chi connectivity index (χ1v) is 3.25. The Balaban J connectivity index is 2.97. The van der Waals surface area contributed by atoms with E-state index in [1.54, 1.807) is 0 Å². The van der Waals surface area contributed by atoms with Crippen LogP contribution >= 0.6 is 0 Å². The second-order valence-corrected chi connectivity index (χ2v) is 2.01. The fourth-order valence-corrected chi connectivity index (χ4v) is 0.420. The number of nitrogens with two attached hydrogens (primary N) is 1. The van der Waals surface area contributed by atoms with Crippen molar-refractivity contribution in [1.29, 1.82) is 0 Å². The Morgan fingerprint density at radius 3 is 2.78 bits per heavy atom. The van der Waals surface area contributed by atoms with Crippen LogP contribution in [0, 0.1) is 0 Å². The van der Waals surface area contributed by atoms with Crippen molar-refractivity contribution in [2.24, 2.45) is 5.73 Å². The number of rotatable bonds is 5. The number of ether oxygens (including phenoxy) is 1. The van der Waals surface area contributed by atoms with E-state index < -0.39 is 0 Å². The van der Waals surface area contributed by atoms with Crippen LogP contribution < -0.4 is 5.73 Å². The Morgan fingerprint density at radius 1 is 1.67 bits per heavy atom. The third-order valence-corrected chi connectivity index (χ3v) is 0.943. The van der Waals surface area contributed by atoms with Crippen molar-refractivity contribution in [1.82, 2.24) is 0 Å². The maximum absolute atomic E-state index is 5.27. The van der Waals surface area contributed by atoms with E-state index in [1.807, 2.05) is 0 Å². The molecule has 0 bridgehead atoms. The molecule has 0 heterocycles. The monoisotopic (exact) mass is 129 g/mol. The van der Waals surface area contributed by atoms with Crippen LogP contribution in [0.3, 0.4) is 0 Å². The summed E-state index contributed by atoms with van der Waals surface area (Å²) in [5.41, 5.74) is 6.24. The highest BCUT2D eigenvalue weighted by atomic mass is 16.5. The maximum Gasteiger partial charge on any atom is 0.0686 e. The summed E-state index contributed by atoms with van der Waals surface area (Å²) in [5.74, 6) is 0. The topological polar surface area (TPSA) is 35.2 Å². The lowest BCUT2D eigenvalue weighted by molar-refractivity contribution is 0.156. The van der Waals surface area contributed by atoms with Crippen LogP contribution in [0.4, 0.5) is 0 Å². The van der Waals surface area contributed by atoms with Gasteiger partial charge in [-0.25, -0.2) is 0 Å². The van der Waals surface area contributed by atoms with Crippen molar-refractivity contribution in [3.8, 4) is 0 Å². The van der Waals surface area contributed by atoms with Gasteiger partial charge in [-0.1, -0.05) is 13.5 Å². The summed E-state index contributed by atoms with van der Waals surface area (Å²) in [6.45, 7) is 7.72. The zero-order valence-electron chi connectivity index (χ0n) is 6.02. The second kappa shape index (κ2) is 5.79. The van der Waals surface area contributed by atoms with Crippen LogP contribution in [0.2, 0.25) is 0 Å². The molecule has 0 unspecified atom stereocenters. The molecule has 0 saturated carbocycles. The van der Waals surface area contributed by atoms with E-state index in [4.69, 9.17) is 10.5 Å². The predicted octanol–water partition coefficient (Wildman–Crippen LogP) is 0.928. The van der Waals surface area contributed by atoms with Gasteiger partial charge in [-0.15, -0.1) is 0 Å². The van der Waals surface area contributed by atoms with Crippen LogP contribution in [0.15, 0.2) is 12.2 Å². The fraction of sp³-hybridized carbons (Fsp3) is 0.714. The van der Waals surface area contributed by atoms with E-state index in [-0.39, 0.29) is 0 Å². The lowest BCUT2D eigenvalue weighted by Gasteiger charge is -2.01. The molecular formula is C7H15NO. The molecule has 0 aromatic rings. The van der Waals surface area contributed by atoms with Gasteiger partial charge in [-0.3, -0.25) is 0 Å². The van der Waals surface area contributed by atoms with Gasteiger partial charge in [0.1, 0.15) is 0 Å². The highest BCUT2D eigenvalue weighted by Gasteiger charge is 1.88. The molecule has 0 aromatic heterocycles. The van der Waals surface area contributed by atoms with Gasteiger partial charge in [0.25, 0.3) is 0 Å². The minimum atomic E-state index is 0.531. The van der Waals surface area contributed by atoms with Gasteiger partial charge >= 0.3 is 0 Å². The van der Waals surface area contributed by atoms with Crippen molar-refractivity contribution in [2.75, 3.05) is 19.8 Å². The first-order chi connectivity index (χ1) is 4.31. The highest BCUT2D eigenvalue weighted by Crippen LogP contribution is 1.88. The molecule has 9 heavy (non-hydrogen) atoms. The molecule has 0 rings (SSSR count). The molecule has 0 saturated heterocycles. The molecule has 0 amide bonds. The van der Waals surface area contributed by atoms with Crippen molar-refractivity contribution in [3.05, 3.63) is 12.2 Å². The van der Waals surface area contributed by atoms with E-state index in [9.17, 15) is 0 Å². The Bertz CT molecular complexity index is 81.0. The molecule has 0 spiro atoms. The van der Waals surface area contributed by atoms with Crippen LogP contribution in [0.25, 0.3) is 0 Å². The molecule has 2 N–H and O–H groups in total. The van der Waals surface area contributed by atoms with Crippen molar-refractivity contribution in [3.63, 3.8) is 0 Å². The summed E-state index contributed by atoms with van der Waals surface area (Å²) in [5, 5.41) is 0. The number of hydrogen-bond donors (Lipinski definition) is 1. The molecule has 0 aromatic carbocycles. The summed E-state index contributed by atoms with van der Waals surface area (Å²) in [6.07, 6.45) is 1.05. The van der Waals surface area contributed by atoms with E-state index in [0.717, 1.165) is 18.6 Å². The molecule has 0 aliphatic heterocycles. The van der Waals surface area contributed by atoms with Crippen LogP contribution in [0.1, 0.15) is 13.3 Å². The van der Waals surface area contributed by atoms with Crippen LogP contribution in [-0.2, 0) is 4.74 Å². The third kappa shape index (κ3) is 5.53. The van der Waals surface area contributed by atoms with Crippen LogP contribution in [0.5, 0.6) is 0 Å². The summed E-state index contributed by atoms with van der Waals surface area (Å²) in [7, 11) is 0. The smallest absolute Gasteiger partial charge is 0.0686 e. The lowest BCUT2D eigenvalue weighted by Crippen LogP contribution is -2.08. The molecule has 0 aliphatic rings. The molecule has 0 radical (unpaired) electrons. The van der Waals surface area contributed by atoms with Gasteiger partial charge in [0.15, 0.2) is 0 Å². The van der Waals surface area contributed by atoms with Gasteiger partial charge in [-0.05, 0) is 12.0 Å². The molecule has 0 fully saturated rings. The van der Waals surface area contributed by atoms with Gasteiger partial charge in [0, 0.05) is 13.2 Å². The molecule has 2 nitrogen and oxygen atoms in total. The SMILES string of the molecule is C=C(CN)COCCC. The largest absolute Gasteiger partial charge is 0.377 e. The van der Waals surface area contributed by atoms with E-state index >= 15 is 0 Å². The second-order valence-electron chi connectivity index (χ2n) is 2.01. The Labute approximate surface area is 56.7 Å². The first-order valence-electron chi connectivity index (χ1n) is 3.25. The minimum absolute atomic E-state index is 0.531. The molecule has 0 aliphatic carbocycles. The summed E-state index contributed by atoms with van der Waals surface area (Å²) >= 11 is 0. The van der Waals surface area contributed by atoms with E-state index in [0.29, 0.717) is 13.2 Å². The normalized spacial score (nSPS) is 9.56. The average Bonchev–Trinajstić information content (AvgIpc) is 1.89. The third-order valence-electron chi connectivity index (χ3n) is 0.943. The van der Waals surface area contributed by atoms with Crippen LogP contribution in [-0.4, -0.2) is 19.8 Å². The van der Waals surface area contributed by atoms with Crippen molar-refractivity contribution in [2.45, 2.75) is 13.3 Å². The molecular weight excluding hydrogens is 114 g/mol. The Kier molecular flexibility index (Phi) is 5.57. The number of hydrogen-bond acceptors (Lipinski definition) is 2. The minimum Gasteiger partial charge on any atom is -0.377 e. The molecule has 0 atom stereocenters. The quantitative estimate of drug-likeness (QED) is 0.442. The highest BCUT2D eigenvalue weighted by molar-refractivity contribution is 4.95. The first kappa shape index (κ1) is 8.66. The maximum atomic E-state index is 5.27. The van der Waals surface area contributed by atoms with Gasteiger partial charge in [0.05, 0.1) is 6.61 Å².